The molecule has 1 amide bonds. The molecule has 0 fully saturated rings. The van der Waals surface area contributed by atoms with E-state index in [2.05, 4.69) is 42.6 Å². The standard InChI is InChI=1S/C31H27NO3/c1-4-21-9-7-8-12-28(21)32-31(33)15-20(2)25-17-26-27(19-35-30(26)18-29(25)34-3)24-14-13-22-10-5-6-11-23(22)16-24/h5-19H,4H2,1-3H3,(H,32,33)/b20-15+. The topological polar surface area (TPSA) is 51.5 Å². The Morgan fingerprint density at radius 2 is 1.74 bits per heavy atom. The second-order valence-corrected chi connectivity index (χ2v) is 8.59. The number of nitrogens with one attached hydrogen (secondary N) is 1. The van der Waals surface area contributed by atoms with Gasteiger partial charge >= 0.3 is 0 Å². The molecule has 0 saturated heterocycles. The van der Waals surface area contributed by atoms with E-state index >= 15 is 0 Å². The average Bonchev–Trinajstić information content (AvgIpc) is 3.30. The first kappa shape index (κ1) is 22.5. The molecule has 4 heteroatoms. The molecule has 5 aromatic rings. The van der Waals surface area contributed by atoms with Crippen molar-refractivity contribution in [1.29, 1.82) is 0 Å². The molecule has 1 N–H and O–H groups in total. The molecule has 0 bridgehead atoms. The Morgan fingerprint density at radius 3 is 2.54 bits per heavy atom. The normalized spacial score (nSPS) is 11.7. The minimum atomic E-state index is -0.174. The molecular formula is C31H27NO3. The number of allylic oxidation sites excluding steroid dienone is 1. The van der Waals surface area contributed by atoms with E-state index in [9.17, 15) is 4.79 Å². The van der Waals surface area contributed by atoms with E-state index in [1.165, 1.54) is 10.8 Å². The lowest BCUT2D eigenvalue weighted by Gasteiger charge is -2.11. The first-order valence-corrected chi connectivity index (χ1v) is 11.7. The number of rotatable bonds is 6. The molecule has 0 saturated carbocycles. The minimum absolute atomic E-state index is 0.174. The van der Waals surface area contributed by atoms with Gasteiger partial charge in [-0.2, -0.15) is 0 Å². The molecular weight excluding hydrogens is 434 g/mol. The molecule has 1 heterocycles. The zero-order valence-electron chi connectivity index (χ0n) is 20.1. The van der Waals surface area contributed by atoms with E-state index < -0.39 is 0 Å². The van der Waals surface area contributed by atoms with Crippen molar-refractivity contribution in [3.63, 3.8) is 0 Å². The monoisotopic (exact) mass is 461 g/mol. The number of para-hydroxylation sites is 1. The lowest BCUT2D eigenvalue weighted by Crippen LogP contribution is -2.10. The summed E-state index contributed by atoms with van der Waals surface area (Å²) in [7, 11) is 1.63. The van der Waals surface area contributed by atoms with Gasteiger partial charge in [0.05, 0.1) is 13.4 Å². The van der Waals surface area contributed by atoms with Crippen molar-refractivity contribution in [2.24, 2.45) is 0 Å². The Labute approximate surface area is 204 Å². The van der Waals surface area contributed by atoms with Crippen LogP contribution in [0.25, 0.3) is 38.4 Å². The highest BCUT2D eigenvalue weighted by Crippen LogP contribution is 2.38. The number of anilines is 1. The number of benzene rings is 4. The van der Waals surface area contributed by atoms with Gasteiger partial charge in [0.1, 0.15) is 11.3 Å². The van der Waals surface area contributed by atoms with Gasteiger partial charge in [0.25, 0.3) is 0 Å². The smallest absolute Gasteiger partial charge is 0.248 e. The zero-order valence-corrected chi connectivity index (χ0v) is 20.1. The molecule has 174 valence electrons. The zero-order chi connectivity index (χ0) is 24.4. The van der Waals surface area contributed by atoms with Crippen LogP contribution in [-0.4, -0.2) is 13.0 Å². The van der Waals surface area contributed by atoms with Crippen LogP contribution in [0.2, 0.25) is 0 Å². The first-order chi connectivity index (χ1) is 17.1. The summed E-state index contributed by atoms with van der Waals surface area (Å²) in [5.74, 6) is 0.486. The third-order valence-electron chi connectivity index (χ3n) is 6.38. The number of carbonyl (C=O) groups excluding carboxylic acids is 1. The van der Waals surface area contributed by atoms with Crippen molar-refractivity contribution < 1.29 is 13.9 Å². The van der Waals surface area contributed by atoms with Crippen molar-refractivity contribution in [1.82, 2.24) is 0 Å². The maximum absolute atomic E-state index is 12.8. The Morgan fingerprint density at radius 1 is 0.971 bits per heavy atom. The van der Waals surface area contributed by atoms with E-state index in [0.29, 0.717) is 5.75 Å². The SMILES string of the molecule is CCc1ccccc1NC(=O)/C=C(\C)c1cc2c(-c3ccc4ccccc4c3)coc2cc1OC. The summed E-state index contributed by atoms with van der Waals surface area (Å²) in [4.78, 5) is 12.8. The number of ether oxygens (including phenoxy) is 1. The van der Waals surface area contributed by atoms with Gasteiger partial charge in [-0.25, -0.2) is 0 Å². The fourth-order valence-corrected chi connectivity index (χ4v) is 4.51. The summed E-state index contributed by atoms with van der Waals surface area (Å²) < 4.78 is 11.6. The Balaban J connectivity index is 1.53. The van der Waals surface area contributed by atoms with E-state index in [-0.39, 0.29) is 5.91 Å². The van der Waals surface area contributed by atoms with E-state index in [0.717, 1.165) is 50.9 Å². The van der Waals surface area contributed by atoms with Crippen molar-refractivity contribution >= 4 is 38.9 Å². The van der Waals surface area contributed by atoms with E-state index in [1.807, 2.05) is 55.5 Å². The Kier molecular flexibility index (Phi) is 6.11. The molecule has 0 radical (unpaired) electrons. The second-order valence-electron chi connectivity index (χ2n) is 8.59. The Bertz CT molecular complexity index is 1580. The number of hydrogen-bond donors (Lipinski definition) is 1. The van der Waals surface area contributed by atoms with Crippen LogP contribution in [0, 0.1) is 0 Å². The molecule has 4 nitrogen and oxygen atoms in total. The first-order valence-electron chi connectivity index (χ1n) is 11.7. The van der Waals surface area contributed by atoms with Crippen molar-refractivity contribution in [3.05, 3.63) is 102 Å². The number of fused-ring (bicyclic) bond motifs is 2. The van der Waals surface area contributed by atoms with Crippen LogP contribution in [0.1, 0.15) is 25.0 Å². The van der Waals surface area contributed by atoms with Gasteiger partial charge in [-0.1, -0.05) is 61.5 Å². The van der Waals surface area contributed by atoms with E-state index in [1.54, 1.807) is 19.4 Å². The molecule has 0 spiro atoms. The fraction of sp³-hybridized carbons (Fsp3) is 0.129. The summed E-state index contributed by atoms with van der Waals surface area (Å²) >= 11 is 0. The number of hydrogen-bond acceptors (Lipinski definition) is 3. The van der Waals surface area contributed by atoms with Gasteiger partial charge in [0.2, 0.25) is 5.91 Å². The molecule has 0 atom stereocenters. The minimum Gasteiger partial charge on any atom is -0.496 e. The lowest BCUT2D eigenvalue weighted by atomic mass is 9.97. The summed E-state index contributed by atoms with van der Waals surface area (Å²) in [6.45, 7) is 4.00. The lowest BCUT2D eigenvalue weighted by molar-refractivity contribution is -0.111. The highest BCUT2D eigenvalue weighted by atomic mass is 16.5. The summed E-state index contributed by atoms with van der Waals surface area (Å²) in [5.41, 5.74) is 6.41. The maximum Gasteiger partial charge on any atom is 0.248 e. The third kappa shape index (κ3) is 4.43. The molecule has 5 rings (SSSR count). The van der Waals surface area contributed by atoms with Gasteiger partial charge in [-0.15, -0.1) is 0 Å². The summed E-state index contributed by atoms with van der Waals surface area (Å²) in [6, 6.07) is 26.5. The van der Waals surface area contributed by atoms with E-state index in [4.69, 9.17) is 9.15 Å². The van der Waals surface area contributed by atoms with Crippen LogP contribution >= 0.6 is 0 Å². The average molecular weight is 462 g/mol. The number of carbonyl (C=O) groups is 1. The largest absolute Gasteiger partial charge is 0.496 e. The third-order valence-corrected chi connectivity index (χ3v) is 6.38. The van der Waals surface area contributed by atoms with Crippen molar-refractivity contribution in [3.8, 4) is 16.9 Å². The van der Waals surface area contributed by atoms with Crippen LogP contribution in [0.4, 0.5) is 5.69 Å². The predicted octanol–water partition coefficient (Wildman–Crippen LogP) is 7.87. The van der Waals surface area contributed by atoms with Crippen molar-refractivity contribution in [2.45, 2.75) is 20.3 Å². The van der Waals surface area contributed by atoms with Crippen LogP contribution in [0.5, 0.6) is 5.75 Å². The summed E-state index contributed by atoms with van der Waals surface area (Å²) in [5, 5.41) is 6.35. The number of furan rings is 1. The summed E-state index contributed by atoms with van der Waals surface area (Å²) in [6.07, 6.45) is 4.25. The van der Waals surface area contributed by atoms with Crippen LogP contribution in [0.15, 0.2) is 95.6 Å². The molecule has 0 aliphatic carbocycles. The fourth-order valence-electron chi connectivity index (χ4n) is 4.51. The number of aryl methyl sites for hydroxylation is 1. The maximum atomic E-state index is 12.8. The predicted molar refractivity (Wildman–Crippen MR) is 144 cm³/mol. The molecule has 1 aromatic heterocycles. The van der Waals surface area contributed by atoms with Gasteiger partial charge in [0, 0.05) is 34.3 Å². The van der Waals surface area contributed by atoms with Gasteiger partial charge < -0.3 is 14.5 Å². The quantitative estimate of drug-likeness (QED) is 0.262. The molecule has 4 aromatic carbocycles. The highest BCUT2D eigenvalue weighted by molar-refractivity contribution is 6.06. The number of amides is 1. The van der Waals surface area contributed by atoms with Gasteiger partial charge in [-0.05, 0) is 59.0 Å². The van der Waals surface area contributed by atoms with Crippen LogP contribution in [-0.2, 0) is 11.2 Å². The molecule has 0 unspecified atom stereocenters. The van der Waals surface area contributed by atoms with Gasteiger partial charge in [-0.3, -0.25) is 4.79 Å². The highest BCUT2D eigenvalue weighted by Gasteiger charge is 2.15. The molecule has 0 aliphatic heterocycles. The van der Waals surface area contributed by atoms with Crippen LogP contribution < -0.4 is 10.1 Å². The van der Waals surface area contributed by atoms with Gasteiger partial charge in [0.15, 0.2) is 0 Å². The van der Waals surface area contributed by atoms with Crippen molar-refractivity contribution in [2.75, 3.05) is 12.4 Å². The Hall–Kier alpha value is -4.31. The second kappa shape index (κ2) is 9.51. The molecule has 35 heavy (non-hydrogen) atoms. The van der Waals surface area contributed by atoms with Crippen LogP contribution in [0.3, 0.4) is 0 Å². The number of methoxy groups -OCH3 is 1. The molecule has 0 aliphatic rings.